The van der Waals surface area contributed by atoms with Gasteiger partial charge in [-0.2, -0.15) is 0 Å². The number of hydrogen-bond acceptors (Lipinski definition) is 0. The van der Waals surface area contributed by atoms with Crippen LogP contribution in [0.2, 0.25) is 0 Å². The molecular formula is C9H16F2. The second-order valence-corrected chi connectivity index (χ2v) is 3.49. The lowest BCUT2D eigenvalue weighted by Crippen LogP contribution is -2.14. The molecule has 0 bridgehead atoms. The van der Waals surface area contributed by atoms with Crippen molar-refractivity contribution in [3.05, 3.63) is 0 Å². The van der Waals surface area contributed by atoms with Crippen LogP contribution in [0, 0.1) is 5.92 Å². The van der Waals surface area contributed by atoms with Crippen LogP contribution in [0.25, 0.3) is 0 Å². The van der Waals surface area contributed by atoms with Crippen LogP contribution in [0.3, 0.4) is 0 Å². The lowest BCUT2D eigenvalue weighted by atomic mass is 9.86. The molecule has 0 radical (unpaired) electrons. The molecule has 1 saturated carbocycles. The molecule has 1 aliphatic carbocycles. The molecule has 0 spiro atoms. The first kappa shape index (κ1) is 8.95. The van der Waals surface area contributed by atoms with E-state index >= 15 is 0 Å². The molecule has 0 N–H and O–H groups in total. The van der Waals surface area contributed by atoms with Gasteiger partial charge < -0.3 is 0 Å². The first-order chi connectivity index (χ1) is 5.33. The van der Waals surface area contributed by atoms with Crippen LogP contribution < -0.4 is 0 Å². The zero-order valence-corrected chi connectivity index (χ0v) is 6.86. The summed E-state index contributed by atoms with van der Waals surface area (Å²) in [5, 5.41) is 0. The summed E-state index contributed by atoms with van der Waals surface area (Å²) in [4.78, 5) is 0. The fourth-order valence-electron chi connectivity index (χ4n) is 1.85. The van der Waals surface area contributed by atoms with E-state index in [1.165, 1.54) is 19.3 Å². The molecule has 0 nitrogen and oxygen atoms in total. The molecule has 1 unspecified atom stereocenters. The van der Waals surface area contributed by atoms with Crippen molar-refractivity contribution in [2.24, 2.45) is 5.92 Å². The molecule has 1 fully saturated rings. The van der Waals surface area contributed by atoms with Gasteiger partial charge in [-0.3, -0.25) is 0 Å². The summed E-state index contributed by atoms with van der Waals surface area (Å²) >= 11 is 0. The van der Waals surface area contributed by atoms with Crippen LogP contribution in [0.4, 0.5) is 8.78 Å². The third kappa shape index (κ3) is 3.17. The predicted molar refractivity (Wildman–Crippen MR) is 42.1 cm³/mol. The number of halogens is 2. The largest absolute Gasteiger partial charge is 0.248 e. The lowest BCUT2D eigenvalue weighted by Gasteiger charge is -2.21. The van der Waals surface area contributed by atoms with E-state index in [1.54, 1.807) is 0 Å². The molecule has 0 aliphatic heterocycles. The van der Waals surface area contributed by atoms with Gasteiger partial charge in [-0.15, -0.1) is 0 Å². The van der Waals surface area contributed by atoms with Crippen molar-refractivity contribution >= 4 is 0 Å². The van der Waals surface area contributed by atoms with Gasteiger partial charge >= 0.3 is 0 Å². The Morgan fingerprint density at radius 1 is 1.18 bits per heavy atom. The number of rotatable bonds is 3. The van der Waals surface area contributed by atoms with Gasteiger partial charge in [-0.1, -0.05) is 32.1 Å². The maximum Gasteiger partial charge on any atom is 0.129 e. The first-order valence-corrected chi connectivity index (χ1v) is 4.53. The highest BCUT2D eigenvalue weighted by Crippen LogP contribution is 2.27. The molecule has 1 atom stereocenters. The zero-order chi connectivity index (χ0) is 8.10. The second-order valence-electron chi connectivity index (χ2n) is 3.49. The summed E-state index contributed by atoms with van der Waals surface area (Å²) in [6.45, 7) is -0.795. The van der Waals surface area contributed by atoms with E-state index in [9.17, 15) is 8.78 Å². The SMILES string of the molecule is FCC(F)CC1CCCCC1. The van der Waals surface area contributed by atoms with Crippen molar-refractivity contribution in [3.8, 4) is 0 Å². The molecule has 66 valence electrons. The second kappa shape index (κ2) is 4.68. The van der Waals surface area contributed by atoms with Crippen LogP contribution in [0.1, 0.15) is 38.5 Å². The molecule has 0 amide bonds. The van der Waals surface area contributed by atoms with Gasteiger partial charge in [0.15, 0.2) is 0 Å². The summed E-state index contributed by atoms with van der Waals surface area (Å²) in [5.74, 6) is 0.467. The van der Waals surface area contributed by atoms with Gasteiger partial charge in [0.25, 0.3) is 0 Å². The highest BCUT2D eigenvalue weighted by Gasteiger charge is 2.17. The van der Waals surface area contributed by atoms with Gasteiger partial charge in [-0.05, 0) is 12.3 Å². The topological polar surface area (TPSA) is 0 Å². The van der Waals surface area contributed by atoms with E-state index in [1.807, 2.05) is 0 Å². The Kier molecular flexibility index (Phi) is 3.81. The summed E-state index contributed by atoms with van der Waals surface area (Å²) in [5.41, 5.74) is 0. The van der Waals surface area contributed by atoms with Crippen molar-refractivity contribution in [1.29, 1.82) is 0 Å². The average molecular weight is 162 g/mol. The molecule has 0 aromatic carbocycles. The number of hydrogen-bond donors (Lipinski definition) is 0. The van der Waals surface area contributed by atoms with Crippen LogP contribution >= 0.6 is 0 Å². The molecule has 11 heavy (non-hydrogen) atoms. The Morgan fingerprint density at radius 3 is 2.36 bits per heavy atom. The van der Waals surface area contributed by atoms with E-state index in [4.69, 9.17) is 0 Å². The molecule has 0 aromatic heterocycles. The zero-order valence-electron chi connectivity index (χ0n) is 6.86. The Morgan fingerprint density at radius 2 is 1.82 bits per heavy atom. The van der Waals surface area contributed by atoms with Crippen molar-refractivity contribution in [2.45, 2.75) is 44.7 Å². The minimum absolute atomic E-state index is 0.455. The third-order valence-corrected chi connectivity index (χ3v) is 2.48. The molecule has 0 aromatic rings. The number of alkyl halides is 2. The van der Waals surface area contributed by atoms with Crippen LogP contribution in [0.15, 0.2) is 0 Å². The van der Waals surface area contributed by atoms with E-state index in [-0.39, 0.29) is 0 Å². The van der Waals surface area contributed by atoms with Crippen LogP contribution in [0.5, 0.6) is 0 Å². The first-order valence-electron chi connectivity index (χ1n) is 4.53. The lowest BCUT2D eigenvalue weighted by molar-refractivity contribution is 0.194. The Bertz CT molecular complexity index is 97.7. The van der Waals surface area contributed by atoms with Gasteiger partial charge in [0.05, 0.1) is 0 Å². The highest BCUT2D eigenvalue weighted by atomic mass is 19.2. The average Bonchev–Trinajstić information content (AvgIpc) is 2.06. The van der Waals surface area contributed by atoms with E-state index < -0.39 is 12.8 Å². The van der Waals surface area contributed by atoms with Crippen LogP contribution in [-0.2, 0) is 0 Å². The van der Waals surface area contributed by atoms with Crippen molar-refractivity contribution in [2.75, 3.05) is 6.67 Å². The summed E-state index contributed by atoms with van der Waals surface area (Å²) in [7, 11) is 0. The summed E-state index contributed by atoms with van der Waals surface area (Å²) < 4.78 is 24.3. The van der Waals surface area contributed by atoms with Crippen molar-refractivity contribution in [3.63, 3.8) is 0 Å². The molecule has 0 heterocycles. The monoisotopic (exact) mass is 162 g/mol. The minimum Gasteiger partial charge on any atom is -0.248 e. The Labute approximate surface area is 67.0 Å². The molecule has 1 rings (SSSR count). The molecule has 2 heteroatoms. The molecule has 1 aliphatic rings. The fourth-order valence-corrected chi connectivity index (χ4v) is 1.85. The maximum absolute atomic E-state index is 12.5. The van der Waals surface area contributed by atoms with Crippen molar-refractivity contribution < 1.29 is 8.78 Å². The standard InChI is InChI=1S/C9H16F2/c10-7-9(11)6-8-4-2-1-3-5-8/h8-9H,1-7H2. The Balaban J connectivity index is 2.13. The van der Waals surface area contributed by atoms with Gasteiger partial charge in [0.1, 0.15) is 12.8 Å². The normalized spacial score (nSPS) is 23.5. The Hall–Kier alpha value is -0.140. The fraction of sp³-hybridized carbons (Fsp3) is 1.00. The van der Waals surface area contributed by atoms with Gasteiger partial charge in [-0.25, -0.2) is 8.78 Å². The van der Waals surface area contributed by atoms with E-state index in [2.05, 4.69) is 0 Å². The van der Waals surface area contributed by atoms with E-state index in [0.717, 1.165) is 12.8 Å². The summed E-state index contributed by atoms with van der Waals surface area (Å²) in [6, 6.07) is 0. The molecular weight excluding hydrogens is 146 g/mol. The third-order valence-electron chi connectivity index (χ3n) is 2.48. The predicted octanol–water partition coefficient (Wildman–Crippen LogP) is 3.26. The van der Waals surface area contributed by atoms with E-state index in [0.29, 0.717) is 12.3 Å². The summed E-state index contributed by atoms with van der Waals surface area (Å²) in [6.07, 6.45) is 5.19. The highest BCUT2D eigenvalue weighted by molar-refractivity contribution is 4.69. The van der Waals surface area contributed by atoms with Gasteiger partial charge in [0.2, 0.25) is 0 Å². The quantitative estimate of drug-likeness (QED) is 0.597. The smallest absolute Gasteiger partial charge is 0.129 e. The minimum atomic E-state index is -1.20. The maximum atomic E-state index is 12.5. The van der Waals surface area contributed by atoms with Crippen molar-refractivity contribution in [1.82, 2.24) is 0 Å². The molecule has 0 saturated heterocycles. The van der Waals surface area contributed by atoms with Gasteiger partial charge in [0, 0.05) is 0 Å². The van der Waals surface area contributed by atoms with Crippen LogP contribution in [-0.4, -0.2) is 12.8 Å².